The van der Waals surface area contributed by atoms with Gasteiger partial charge in [0.1, 0.15) is 5.70 Å². The SMILES string of the molecule is CC(=O)/C(OCC[Si](C)(C)C)=C(/NC(=O)c1ccccc1)c1cccs1. The third kappa shape index (κ3) is 5.96. The van der Waals surface area contributed by atoms with Crippen molar-refractivity contribution in [2.75, 3.05) is 6.61 Å². The number of Topliss-reactive ketones (excluding diaryl/α,β-unsaturated/α-hetero) is 1. The van der Waals surface area contributed by atoms with Crippen molar-refractivity contribution in [3.63, 3.8) is 0 Å². The van der Waals surface area contributed by atoms with Crippen molar-refractivity contribution in [3.8, 4) is 0 Å². The fourth-order valence-electron chi connectivity index (χ4n) is 2.24. The van der Waals surface area contributed by atoms with E-state index in [1.807, 2.05) is 23.6 Å². The Labute approximate surface area is 159 Å². The molecule has 0 radical (unpaired) electrons. The molecule has 1 N–H and O–H groups in total. The van der Waals surface area contributed by atoms with Crippen LogP contribution in [-0.2, 0) is 9.53 Å². The minimum atomic E-state index is -1.29. The Hall–Kier alpha value is -2.18. The summed E-state index contributed by atoms with van der Waals surface area (Å²) in [5.74, 6) is -0.242. The summed E-state index contributed by atoms with van der Waals surface area (Å²) in [6, 6.07) is 13.6. The predicted molar refractivity (Wildman–Crippen MR) is 110 cm³/mol. The van der Waals surface area contributed by atoms with Crippen LogP contribution in [0.2, 0.25) is 25.7 Å². The maximum atomic E-state index is 12.6. The first-order valence-corrected chi connectivity index (χ1v) is 13.1. The van der Waals surface area contributed by atoms with Crippen molar-refractivity contribution in [1.82, 2.24) is 5.32 Å². The van der Waals surface area contributed by atoms with Crippen molar-refractivity contribution in [2.45, 2.75) is 32.6 Å². The zero-order valence-corrected chi connectivity index (χ0v) is 17.5. The van der Waals surface area contributed by atoms with Crippen LogP contribution < -0.4 is 5.32 Å². The van der Waals surface area contributed by atoms with Crippen LogP contribution in [0.5, 0.6) is 0 Å². The average Bonchev–Trinajstić information content (AvgIpc) is 3.11. The summed E-state index contributed by atoms with van der Waals surface area (Å²) < 4.78 is 5.86. The molecule has 138 valence electrons. The van der Waals surface area contributed by atoms with Crippen molar-refractivity contribution in [1.29, 1.82) is 0 Å². The molecule has 4 nitrogen and oxygen atoms in total. The van der Waals surface area contributed by atoms with Gasteiger partial charge in [0.05, 0.1) is 11.5 Å². The molecule has 2 aromatic rings. The molecule has 1 aromatic carbocycles. The van der Waals surface area contributed by atoms with E-state index >= 15 is 0 Å². The number of allylic oxidation sites excluding steroid dienone is 1. The van der Waals surface area contributed by atoms with Gasteiger partial charge in [0, 0.05) is 20.6 Å². The van der Waals surface area contributed by atoms with Crippen LogP contribution in [-0.4, -0.2) is 26.4 Å². The number of hydrogen-bond donors (Lipinski definition) is 1. The summed E-state index contributed by atoms with van der Waals surface area (Å²) >= 11 is 1.46. The number of benzene rings is 1. The van der Waals surface area contributed by atoms with Crippen molar-refractivity contribution in [2.24, 2.45) is 0 Å². The lowest BCUT2D eigenvalue weighted by Crippen LogP contribution is -2.26. The van der Waals surface area contributed by atoms with Gasteiger partial charge in [-0.3, -0.25) is 9.59 Å². The fraction of sp³-hybridized carbons (Fsp3) is 0.300. The van der Waals surface area contributed by atoms with Gasteiger partial charge in [-0.05, 0) is 29.6 Å². The zero-order valence-electron chi connectivity index (χ0n) is 15.7. The number of nitrogens with one attached hydrogen (secondary N) is 1. The van der Waals surface area contributed by atoms with E-state index in [0.29, 0.717) is 17.9 Å². The van der Waals surface area contributed by atoms with Gasteiger partial charge in [-0.25, -0.2) is 0 Å². The highest BCUT2D eigenvalue weighted by molar-refractivity contribution is 7.11. The Bertz CT molecular complexity index is 777. The third-order valence-electron chi connectivity index (χ3n) is 3.69. The highest BCUT2D eigenvalue weighted by atomic mass is 32.1. The summed E-state index contributed by atoms with van der Waals surface area (Å²) in [5.41, 5.74) is 0.975. The predicted octanol–water partition coefficient (Wildman–Crippen LogP) is 4.79. The Morgan fingerprint density at radius 1 is 1.08 bits per heavy atom. The van der Waals surface area contributed by atoms with Crippen molar-refractivity contribution >= 4 is 36.8 Å². The van der Waals surface area contributed by atoms with Crippen LogP contribution in [0.1, 0.15) is 22.2 Å². The molecular formula is C20H25NO3SSi. The van der Waals surface area contributed by atoms with Gasteiger partial charge in [-0.15, -0.1) is 11.3 Å². The molecule has 2 rings (SSSR count). The van der Waals surface area contributed by atoms with E-state index in [-0.39, 0.29) is 17.4 Å². The number of ketones is 1. The van der Waals surface area contributed by atoms with Gasteiger partial charge in [0.15, 0.2) is 11.5 Å². The van der Waals surface area contributed by atoms with E-state index in [0.717, 1.165) is 10.9 Å². The number of ether oxygens (including phenoxy) is 1. The number of amides is 1. The Kier molecular flexibility index (Phi) is 6.94. The van der Waals surface area contributed by atoms with E-state index in [1.165, 1.54) is 18.3 Å². The zero-order chi connectivity index (χ0) is 19.2. The summed E-state index contributed by atoms with van der Waals surface area (Å²) in [7, 11) is -1.29. The van der Waals surface area contributed by atoms with Crippen LogP contribution in [0, 0.1) is 0 Å². The largest absolute Gasteiger partial charge is 0.488 e. The van der Waals surface area contributed by atoms with Gasteiger partial charge in [-0.2, -0.15) is 0 Å². The topological polar surface area (TPSA) is 55.4 Å². The highest BCUT2D eigenvalue weighted by Gasteiger charge is 2.21. The maximum Gasteiger partial charge on any atom is 0.255 e. The van der Waals surface area contributed by atoms with Crippen LogP contribution in [0.15, 0.2) is 53.6 Å². The molecule has 1 amide bonds. The monoisotopic (exact) mass is 387 g/mol. The van der Waals surface area contributed by atoms with Gasteiger partial charge < -0.3 is 10.1 Å². The van der Waals surface area contributed by atoms with Gasteiger partial charge in [0.25, 0.3) is 5.91 Å². The number of carbonyl (C=O) groups is 2. The smallest absolute Gasteiger partial charge is 0.255 e. The van der Waals surface area contributed by atoms with Crippen molar-refractivity contribution in [3.05, 3.63) is 64.0 Å². The molecule has 1 heterocycles. The second-order valence-corrected chi connectivity index (χ2v) is 13.8. The molecule has 0 saturated carbocycles. The molecule has 0 aliphatic carbocycles. The molecule has 0 aliphatic rings. The second-order valence-electron chi connectivity index (χ2n) is 7.22. The van der Waals surface area contributed by atoms with Gasteiger partial charge in [-0.1, -0.05) is 43.9 Å². The minimum absolute atomic E-state index is 0.197. The molecule has 6 heteroatoms. The molecule has 0 atom stereocenters. The first kappa shape index (κ1) is 20.1. The highest BCUT2D eigenvalue weighted by Crippen LogP contribution is 2.24. The quantitative estimate of drug-likeness (QED) is 0.402. The van der Waals surface area contributed by atoms with Crippen molar-refractivity contribution < 1.29 is 14.3 Å². The summed E-state index contributed by atoms with van der Waals surface area (Å²) in [6.45, 7) is 8.70. The van der Waals surface area contributed by atoms with E-state index in [1.54, 1.807) is 24.3 Å². The first-order chi connectivity index (χ1) is 12.3. The lowest BCUT2D eigenvalue weighted by atomic mass is 10.2. The minimum Gasteiger partial charge on any atom is -0.488 e. The second kappa shape index (κ2) is 8.96. The fourth-order valence-corrected chi connectivity index (χ4v) is 3.67. The molecule has 26 heavy (non-hydrogen) atoms. The molecule has 0 fully saturated rings. The van der Waals surface area contributed by atoms with Gasteiger partial charge >= 0.3 is 0 Å². The van der Waals surface area contributed by atoms with E-state index in [4.69, 9.17) is 4.74 Å². The van der Waals surface area contributed by atoms with Crippen LogP contribution >= 0.6 is 11.3 Å². The third-order valence-corrected chi connectivity index (χ3v) is 6.28. The van der Waals surface area contributed by atoms with E-state index < -0.39 is 8.07 Å². The standard InChI is InChI=1S/C20H25NO3SSi/c1-15(22)19(24-12-14-26(2,3)4)18(17-11-8-13-25-17)21-20(23)16-9-6-5-7-10-16/h5-11,13H,12,14H2,1-4H3,(H,21,23)/b19-18-. The molecule has 1 aromatic heterocycles. The van der Waals surface area contributed by atoms with E-state index in [2.05, 4.69) is 25.0 Å². The normalized spacial score (nSPS) is 12.3. The lowest BCUT2D eigenvalue weighted by Gasteiger charge is -2.19. The summed E-state index contributed by atoms with van der Waals surface area (Å²) in [5, 5.41) is 4.79. The Morgan fingerprint density at radius 3 is 2.31 bits per heavy atom. The summed E-state index contributed by atoms with van der Waals surface area (Å²) in [4.78, 5) is 25.6. The first-order valence-electron chi connectivity index (χ1n) is 8.56. The van der Waals surface area contributed by atoms with Crippen LogP contribution in [0.25, 0.3) is 5.70 Å². The maximum absolute atomic E-state index is 12.6. The Balaban J connectivity index is 2.32. The van der Waals surface area contributed by atoms with Crippen LogP contribution in [0.3, 0.4) is 0 Å². The van der Waals surface area contributed by atoms with E-state index in [9.17, 15) is 9.59 Å². The lowest BCUT2D eigenvalue weighted by molar-refractivity contribution is -0.116. The Morgan fingerprint density at radius 2 is 1.77 bits per heavy atom. The molecule has 0 unspecified atom stereocenters. The number of rotatable bonds is 8. The molecule has 0 aliphatic heterocycles. The summed E-state index contributed by atoms with van der Waals surface area (Å²) in [6.07, 6.45) is 0. The number of hydrogen-bond acceptors (Lipinski definition) is 4. The van der Waals surface area contributed by atoms with Gasteiger partial charge in [0.2, 0.25) is 0 Å². The number of thiophene rings is 1. The van der Waals surface area contributed by atoms with Crippen LogP contribution in [0.4, 0.5) is 0 Å². The molecular weight excluding hydrogens is 362 g/mol. The average molecular weight is 388 g/mol. The molecule has 0 bridgehead atoms. The number of carbonyl (C=O) groups excluding carboxylic acids is 2. The molecule has 0 saturated heterocycles. The molecule has 0 spiro atoms.